The highest BCUT2D eigenvalue weighted by Gasteiger charge is 2.28. The van der Waals surface area contributed by atoms with Gasteiger partial charge in [0.25, 0.3) is 0 Å². The lowest BCUT2D eigenvalue weighted by atomic mass is 10.2. The number of hydrogen-bond donors (Lipinski definition) is 2. The van der Waals surface area contributed by atoms with E-state index in [-0.39, 0.29) is 24.4 Å². The molecule has 1 atom stereocenters. The summed E-state index contributed by atoms with van der Waals surface area (Å²) < 4.78 is 40.9. The molecule has 9 heteroatoms. The number of nitrogens with one attached hydrogen (secondary N) is 2. The number of alkyl halides is 3. The lowest BCUT2D eigenvalue weighted by Crippen LogP contribution is -2.41. The smallest absolute Gasteiger partial charge is 0.422 e. The fourth-order valence-corrected chi connectivity index (χ4v) is 2.99. The lowest BCUT2D eigenvalue weighted by molar-refractivity contribution is -0.154. The van der Waals surface area contributed by atoms with Crippen LogP contribution in [0.3, 0.4) is 0 Å². The molecule has 1 amide bonds. The molecule has 128 valence electrons. The Hall–Kier alpha value is -1.48. The van der Waals surface area contributed by atoms with Crippen molar-refractivity contribution in [3.63, 3.8) is 0 Å². The molecule has 1 aromatic heterocycles. The summed E-state index contributed by atoms with van der Waals surface area (Å²) in [5.74, 6) is 1.74. The first kappa shape index (κ1) is 17.9. The van der Waals surface area contributed by atoms with Gasteiger partial charge in [0, 0.05) is 49.3 Å². The van der Waals surface area contributed by atoms with E-state index in [4.69, 9.17) is 0 Å². The molecule has 0 saturated carbocycles. The number of amides is 1. The Kier molecular flexibility index (Phi) is 6.52. The summed E-state index contributed by atoms with van der Waals surface area (Å²) in [6.07, 6.45) is -2.67. The number of thioether (sulfide) groups is 1. The van der Waals surface area contributed by atoms with Crippen molar-refractivity contribution in [2.75, 3.05) is 24.7 Å². The summed E-state index contributed by atoms with van der Waals surface area (Å²) in [5.41, 5.74) is 0.636. The van der Waals surface area contributed by atoms with Crippen LogP contribution < -0.4 is 15.4 Å². The minimum Gasteiger partial charge on any atom is -0.468 e. The molecular formula is C14H18F3N3O2S. The molecule has 1 saturated heterocycles. The van der Waals surface area contributed by atoms with E-state index in [1.54, 1.807) is 6.07 Å². The number of aromatic nitrogens is 1. The molecule has 0 bridgehead atoms. The lowest BCUT2D eigenvalue weighted by Gasteiger charge is -2.22. The highest BCUT2D eigenvalue weighted by Crippen LogP contribution is 2.17. The summed E-state index contributed by atoms with van der Waals surface area (Å²) in [6, 6.07) is 3.17. The number of hydrogen-bond acceptors (Lipinski definition) is 5. The molecule has 0 radical (unpaired) electrons. The molecule has 23 heavy (non-hydrogen) atoms. The Morgan fingerprint density at radius 2 is 2.35 bits per heavy atom. The highest BCUT2D eigenvalue weighted by atomic mass is 32.2. The Bertz CT molecular complexity index is 522. The van der Waals surface area contributed by atoms with Crippen molar-refractivity contribution in [2.45, 2.75) is 25.2 Å². The van der Waals surface area contributed by atoms with Crippen LogP contribution in [0.4, 0.5) is 13.2 Å². The Labute approximate surface area is 136 Å². The molecule has 2 heterocycles. The standard InChI is InChI=1S/C14H18F3N3O2S/c15-14(16,17)9-22-13-5-10(1-2-19-13)7-20-12(21)6-11-8-23-4-3-18-11/h1-2,5,11,18H,3-4,6-9H2,(H,20,21). The van der Waals surface area contributed by atoms with Crippen LogP contribution >= 0.6 is 11.8 Å². The van der Waals surface area contributed by atoms with Gasteiger partial charge in [-0.25, -0.2) is 4.98 Å². The third kappa shape index (κ3) is 7.08. The molecular weight excluding hydrogens is 331 g/mol. The zero-order valence-corrected chi connectivity index (χ0v) is 13.2. The zero-order valence-electron chi connectivity index (χ0n) is 12.4. The molecule has 5 nitrogen and oxygen atoms in total. The summed E-state index contributed by atoms with van der Waals surface area (Å²) in [6.45, 7) is -0.267. The molecule has 0 aromatic carbocycles. The molecule has 1 aromatic rings. The third-order valence-corrected chi connectivity index (χ3v) is 4.23. The molecule has 1 aliphatic heterocycles. The minimum absolute atomic E-state index is 0.0976. The second-order valence-corrected chi connectivity index (χ2v) is 6.26. The first-order valence-corrected chi connectivity index (χ1v) is 8.30. The van der Waals surface area contributed by atoms with E-state index in [0.29, 0.717) is 12.0 Å². The van der Waals surface area contributed by atoms with Gasteiger partial charge in [0.2, 0.25) is 11.8 Å². The Balaban J connectivity index is 1.77. The highest BCUT2D eigenvalue weighted by molar-refractivity contribution is 7.99. The van der Waals surface area contributed by atoms with Gasteiger partial charge in [0.1, 0.15) is 0 Å². The van der Waals surface area contributed by atoms with Gasteiger partial charge in [-0.1, -0.05) is 0 Å². The fourth-order valence-electron chi connectivity index (χ4n) is 2.04. The molecule has 1 fully saturated rings. The van der Waals surface area contributed by atoms with Gasteiger partial charge in [-0.2, -0.15) is 24.9 Å². The van der Waals surface area contributed by atoms with E-state index in [2.05, 4.69) is 20.4 Å². The normalized spacial score (nSPS) is 18.5. The minimum atomic E-state index is -4.41. The van der Waals surface area contributed by atoms with Crippen LogP contribution in [-0.4, -0.2) is 47.8 Å². The van der Waals surface area contributed by atoms with Crippen molar-refractivity contribution < 1.29 is 22.7 Å². The average molecular weight is 349 g/mol. The summed E-state index contributed by atoms with van der Waals surface area (Å²) >= 11 is 1.81. The third-order valence-electron chi connectivity index (χ3n) is 3.10. The van der Waals surface area contributed by atoms with Crippen molar-refractivity contribution in [1.82, 2.24) is 15.6 Å². The maximum atomic E-state index is 12.1. The van der Waals surface area contributed by atoms with Crippen molar-refractivity contribution in [1.29, 1.82) is 0 Å². The molecule has 1 aliphatic rings. The van der Waals surface area contributed by atoms with E-state index in [1.807, 2.05) is 11.8 Å². The van der Waals surface area contributed by atoms with E-state index >= 15 is 0 Å². The first-order valence-electron chi connectivity index (χ1n) is 7.15. The maximum absolute atomic E-state index is 12.1. The summed E-state index contributed by atoms with van der Waals surface area (Å²) in [4.78, 5) is 15.6. The van der Waals surface area contributed by atoms with Gasteiger partial charge in [-0.3, -0.25) is 4.79 Å². The number of halogens is 3. The predicted molar refractivity (Wildman–Crippen MR) is 81.4 cm³/mol. The van der Waals surface area contributed by atoms with E-state index in [9.17, 15) is 18.0 Å². The van der Waals surface area contributed by atoms with Crippen molar-refractivity contribution in [3.8, 4) is 5.88 Å². The quantitative estimate of drug-likeness (QED) is 0.819. The molecule has 2 N–H and O–H groups in total. The molecule has 1 unspecified atom stereocenters. The van der Waals surface area contributed by atoms with Crippen LogP contribution in [0.1, 0.15) is 12.0 Å². The second-order valence-electron chi connectivity index (χ2n) is 5.11. The van der Waals surface area contributed by atoms with Gasteiger partial charge in [0.05, 0.1) is 0 Å². The number of rotatable bonds is 6. The van der Waals surface area contributed by atoms with Crippen molar-refractivity contribution in [2.24, 2.45) is 0 Å². The fraction of sp³-hybridized carbons (Fsp3) is 0.571. The van der Waals surface area contributed by atoms with Crippen LogP contribution in [0.25, 0.3) is 0 Å². The van der Waals surface area contributed by atoms with Gasteiger partial charge < -0.3 is 15.4 Å². The maximum Gasteiger partial charge on any atom is 0.422 e. The van der Waals surface area contributed by atoms with Crippen molar-refractivity contribution >= 4 is 17.7 Å². The largest absolute Gasteiger partial charge is 0.468 e. The number of nitrogens with zero attached hydrogens (tertiary/aromatic N) is 1. The second kappa shape index (κ2) is 8.39. The monoisotopic (exact) mass is 349 g/mol. The Morgan fingerprint density at radius 3 is 3.04 bits per heavy atom. The molecule has 0 aliphatic carbocycles. The van der Waals surface area contributed by atoms with Crippen LogP contribution in [0.15, 0.2) is 18.3 Å². The summed E-state index contributed by atoms with van der Waals surface area (Å²) in [7, 11) is 0. The van der Waals surface area contributed by atoms with E-state index < -0.39 is 12.8 Å². The first-order chi connectivity index (χ1) is 10.9. The predicted octanol–water partition coefficient (Wildman–Crippen LogP) is 1.73. The Morgan fingerprint density at radius 1 is 1.52 bits per heavy atom. The zero-order chi connectivity index (χ0) is 16.7. The van der Waals surface area contributed by atoms with Gasteiger partial charge >= 0.3 is 6.18 Å². The number of ether oxygens (including phenoxy) is 1. The van der Waals surface area contributed by atoms with Crippen LogP contribution in [0.5, 0.6) is 5.88 Å². The van der Waals surface area contributed by atoms with Crippen molar-refractivity contribution in [3.05, 3.63) is 23.9 Å². The van der Waals surface area contributed by atoms with Crippen LogP contribution in [0.2, 0.25) is 0 Å². The van der Waals surface area contributed by atoms with Gasteiger partial charge in [-0.05, 0) is 11.6 Å². The van der Waals surface area contributed by atoms with E-state index in [0.717, 1.165) is 18.1 Å². The van der Waals surface area contributed by atoms with Crippen LogP contribution in [-0.2, 0) is 11.3 Å². The van der Waals surface area contributed by atoms with E-state index in [1.165, 1.54) is 12.3 Å². The summed E-state index contributed by atoms with van der Waals surface area (Å²) in [5, 5.41) is 6.02. The molecule has 0 spiro atoms. The van der Waals surface area contributed by atoms with Crippen LogP contribution in [0, 0.1) is 0 Å². The van der Waals surface area contributed by atoms with Gasteiger partial charge in [0.15, 0.2) is 6.61 Å². The number of carbonyl (C=O) groups is 1. The van der Waals surface area contributed by atoms with Gasteiger partial charge in [-0.15, -0.1) is 0 Å². The number of carbonyl (C=O) groups excluding carboxylic acids is 1. The molecule has 2 rings (SSSR count). The number of pyridine rings is 1. The SMILES string of the molecule is O=C(CC1CSCCN1)NCc1ccnc(OCC(F)(F)F)c1. The topological polar surface area (TPSA) is 63.2 Å². The average Bonchev–Trinajstić information content (AvgIpc) is 2.52.